The minimum absolute atomic E-state index is 0.136. The molecule has 0 aliphatic rings. The molecule has 0 aromatic heterocycles. The zero-order valence-corrected chi connectivity index (χ0v) is 13.1. The minimum atomic E-state index is -3.27. The second-order valence-electron chi connectivity index (χ2n) is 4.72. The largest absolute Gasteiger partial charge is 0.497 e. The number of rotatable bonds is 5. The average molecular weight is 320 g/mol. The SMILES string of the molecule is COc1ccc(COC(=O)c2ccc(S(C)(=O)=O)cc2)cc1. The molecule has 0 amide bonds. The van der Waals surface area contributed by atoms with Crippen LogP contribution in [0.2, 0.25) is 0 Å². The Morgan fingerprint density at radius 1 is 1.00 bits per heavy atom. The fourth-order valence-electron chi connectivity index (χ4n) is 1.79. The zero-order chi connectivity index (χ0) is 16.2. The van der Waals surface area contributed by atoms with Gasteiger partial charge in [-0.1, -0.05) is 12.1 Å². The van der Waals surface area contributed by atoms with Crippen LogP contribution in [-0.4, -0.2) is 27.8 Å². The van der Waals surface area contributed by atoms with Crippen molar-refractivity contribution >= 4 is 15.8 Å². The molecule has 0 spiro atoms. The van der Waals surface area contributed by atoms with Gasteiger partial charge in [0.2, 0.25) is 0 Å². The predicted octanol–water partition coefficient (Wildman–Crippen LogP) is 2.46. The number of sulfone groups is 1. The number of hydrogen-bond donors (Lipinski definition) is 0. The number of carbonyl (C=O) groups is 1. The smallest absolute Gasteiger partial charge is 0.338 e. The standard InChI is InChI=1S/C16H16O5S/c1-20-14-7-3-12(4-8-14)11-21-16(17)13-5-9-15(10-6-13)22(2,18)19/h3-10H,11H2,1-2H3. The van der Waals surface area contributed by atoms with Gasteiger partial charge in [-0.3, -0.25) is 0 Å². The Morgan fingerprint density at radius 2 is 1.59 bits per heavy atom. The first-order chi connectivity index (χ1) is 10.4. The van der Waals surface area contributed by atoms with E-state index in [4.69, 9.17) is 9.47 Å². The number of carbonyl (C=O) groups excluding carboxylic acids is 1. The van der Waals surface area contributed by atoms with Crippen LogP contribution in [0.4, 0.5) is 0 Å². The summed E-state index contributed by atoms with van der Waals surface area (Å²) in [7, 11) is -1.69. The van der Waals surface area contributed by atoms with Gasteiger partial charge in [0.1, 0.15) is 12.4 Å². The third-order valence-corrected chi connectivity index (χ3v) is 4.18. The number of hydrogen-bond acceptors (Lipinski definition) is 5. The lowest BCUT2D eigenvalue weighted by Gasteiger charge is -2.06. The van der Waals surface area contributed by atoms with Crippen LogP contribution < -0.4 is 4.74 Å². The molecule has 0 bridgehead atoms. The van der Waals surface area contributed by atoms with E-state index in [9.17, 15) is 13.2 Å². The first kappa shape index (κ1) is 16.0. The van der Waals surface area contributed by atoms with Crippen LogP contribution in [0.1, 0.15) is 15.9 Å². The topological polar surface area (TPSA) is 69.7 Å². The van der Waals surface area contributed by atoms with Crippen LogP contribution in [0, 0.1) is 0 Å². The van der Waals surface area contributed by atoms with E-state index in [1.807, 2.05) is 0 Å². The molecule has 0 radical (unpaired) electrons. The van der Waals surface area contributed by atoms with E-state index in [0.717, 1.165) is 17.6 Å². The highest BCUT2D eigenvalue weighted by atomic mass is 32.2. The quantitative estimate of drug-likeness (QED) is 0.792. The van der Waals surface area contributed by atoms with Gasteiger partial charge in [0, 0.05) is 6.26 Å². The van der Waals surface area contributed by atoms with E-state index in [1.165, 1.54) is 24.3 Å². The summed E-state index contributed by atoms with van der Waals surface area (Å²) in [5.41, 5.74) is 1.14. The lowest BCUT2D eigenvalue weighted by atomic mass is 10.2. The maximum Gasteiger partial charge on any atom is 0.338 e. The first-order valence-corrected chi connectivity index (χ1v) is 8.39. The van der Waals surface area contributed by atoms with Crippen molar-refractivity contribution in [2.45, 2.75) is 11.5 Å². The van der Waals surface area contributed by atoms with Crippen molar-refractivity contribution in [2.24, 2.45) is 0 Å². The molecule has 0 saturated carbocycles. The van der Waals surface area contributed by atoms with Gasteiger partial charge in [0.05, 0.1) is 17.6 Å². The molecule has 22 heavy (non-hydrogen) atoms. The van der Waals surface area contributed by atoms with Gasteiger partial charge >= 0.3 is 5.97 Å². The van der Waals surface area contributed by atoms with Gasteiger partial charge in [-0.25, -0.2) is 13.2 Å². The summed E-state index contributed by atoms with van der Waals surface area (Å²) in [6, 6.07) is 12.8. The van der Waals surface area contributed by atoms with Crippen LogP contribution in [-0.2, 0) is 21.2 Å². The van der Waals surface area contributed by atoms with E-state index >= 15 is 0 Å². The van der Waals surface area contributed by atoms with E-state index in [0.29, 0.717) is 5.56 Å². The lowest BCUT2D eigenvalue weighted by molar-refractivity contribution is 0.0472. The average Bonchev–Trinajstić information content (AvgIpc) is 2.52. The van der Waals surface area contributed by atoms with E-state index in [1.54, 1.807) is 31.4 Å². The second kappa shape index (κ2) is 6.62. The molecule has 2 aromatic carbocycles. The fraction of sp³-hybridized carbons (Fsp3) is 0.188. The number of methoxy groups -OCH3 is 1. The normalized spacial score (nSPS) is 11.0. The Balaban J connectivity index is 1.99. The molecule has 0 fully saturated rings. The molecule has 0 saturated heterocycles. The Morgan fingerprint density at radius 3 is 2.09 bits per heavy atom. The van der Waals surface area contributed by atoms with Crippen LogP contribution >= 0.6 is 0 Å². The summed E-state index contributed by atoms with van der Waals surface area (Å²) >= 11 is 0. The van der Waals surface area contributed by atoms with Gasteiger partial charge in [-0.05, 0) is 42.0 Å². The molecule has 0 aliphatic carbocycles. The summed E-state index contributed by atoms with van der Waals surface area (Å²) in [6.45, 7) is 0.136. The van der Waals surface area contributed by atoms with Crippen molar-refractivity contribution < 1.29 is 22.7 Å². The van der Waals surface area contributed by atoms with E-state index < -0.39 is 15.8 Å². The second-order valence-corrected chi connectivity index (χ2v) is 6.74. The Kier molecular flexibility index (Phi) is 4.82. The van der Waals surface area contributed by atoms with Crippen molar-refractivity contribution in [2.75, 3.05) is 13.4 Å². The molecule has 6 heteroatoms. The molecule has 0 N–H and O–H groups in total. The summed E-state index contributed by atoms with van der Waals surface area (Å²) in [4.78, 5) is 12.1. The molecule has 0 aliphatic heterocycles. The van der Waals surface area contributed by atoms with Gasteiger partial charge in [0.25, 0.3) is 0 Å². The third kappa shape index (κ3) is 4.08. The predicted molar refractivity (Wildman–Crippen MR) is 81.7 cm³/mol. The van der Waals surface area contributed by atoms with Gasteiger partial charge in [0.15, 0.2) is 9.84 Å². The van der Waals surface area contributed by atoms with Crippen molar-refractivity contribution in [3.05, 3.63) is 59.7 Å². The number of benzene rings is 2. The van der Waals surface area contributed by atoms with Crippen LogP contribution in [0.5, 0.6) is 5.75 Å². The van der Waals surface area contributed by atoms with Crippen molar-refractivity contribution in [1.29, 1.82) is 0 Å². The molecule has 5 nitrogen and oxygen atoms in total. The Bertz CT molecular complexity index is 746. The monoisotopic (exact) mass is 320 g/mol. The van der Waals surface area contributed by atoms with Crippen molar-refractivity contribution in [3.8, 4) is 5.75 Å². The summed E-state index contributed by atoms with van der Waals surface area (Å²) in [5, 5.41) is 0. The highest BCUT2D eigenvalue weighted by molar-refractivity contribution is 7.90. The molecule has 2 rings (SSSR count). The molecular formula is C16H16O5S. The maximum absolute atomic E-state index is 11.9. The number of ether oxygens (including phenoxy) is 2. The molecule has 2 aromatic rings. The highest BCUT2D eigenvalue weighted by Crippen LogP contribution is 2.14. The Labute approximate surface area is 129 Å². The van der Waals surface area contributed by atoms with Crippen molar-refractivity contribution in [3.63, 3.8) is 0 Å². The molecule has 116 valence electrons. The minimum Gasteiger partial charge on any atom is -0.497 e. The van der Waals surface area contributed by atoms with Gasteiger partial charge in [-0.2, -0.15) is 0 Å². The zero-order valence-electron chi connectivity index (χ0n) is 12.3. The van der Waals surface area contributed by atoms with Crippen LogP contribution in [0.3, 0.4) is 0 Å². The first-order valence-electron chi connectivity index (χ1n) is 6.50. The Hall–Kier alpha value is -2.34. The third-order valence-electron chi connectivity index (χ3n) is 3.05. The van der Waals surface area contributed by atoms with E-state index in [-0.39, 0.29) is 11.5 Å². The summed E-state index contributed by atoms with van der Waals surface area (Å²) in [6.07, 6.45) is 1.12. The van der Waals surface area contributed by atoms with Gasteiger partial charge < -0.3 is 9.47 Å². The molecule has 0 heterocycles. The number of esters is 1. The summed E-state index contributed by atoms with van der Waals surface area (Å²) < 4.78 is 32.9. The summed E-state index contributed by atoms with van der Waals surface area (Å²) in [5.74, 6) is 0.224. The lowest BCUT2D eigenvalue weighted by Crippen LogP contribution is -2.06. The maximum atomic E-state index is 11.9. The van der Waals surface area contributed by atoms with E-state index in [2.05, 4.69) is 0 Å². The van der Waals surface area contributed by atoms with Crippen LogP contribution in [0.15, 0.2) is 53.4 Å². The molecule has 0 atom stereocenters. The van der Waals surface area contributed by atoms with Crippen LogP contribution in [0.25, 0.3) is 0 Å². The highest BCUT2D eigenvalue weighted by Gasteiger charge is 2.11. The van der Waals surface area contributed by atoms with Gasteiger partial charge in [-0.15, -0.1) is 0 Å². The molecule has 0 unspecified atom stereocenters. The molecular weight excluding hydrogens is 304 g/mol. The van der Waals surface area contributed by atoms with Crippen molar-refractivity contribution in [1.82, 2.24) is 0 Å². The fourth-order valence-corrected chi connectivity index (χ4v) is 2.42.